The van der Waals surface area contributed by atoms with Gasteiger partial charge in [0.25, 0.3) is 5.91 Å². The lowest BCUT2D eigenvalue weighted by Crippen LogP contribution is -2.46. The molecule has 154 valence electrons. The van der Waals surface area contributed by atoms with Gasteiger partial charge >= 0.3 is 5.97 Å². The van der Waals surface area contributed by atoms with Crippen LogP contribution in [0.2, 0.25) is 5.02 Å². The molecule has 0 fully saturated rings. The Morgan fingerprint density at radius 3 is 2.45 bits per heavy atom. The van der Waals surface area contributed by atoms with Crippen LogP contribution in [-0.4, -0.2) is 37.0 Å². The second-order valence-corrected chi connectivity index (χ2v) is 6.61. The quantitative estimate of drug-likeness (QED) is 0.611. The number of carbonyl (C=O) groups is 3. The van der Waals surface area contributed by atoms with Crippen LogP contribution in [0.4, 0.5) is 0 Å². The number of nitrogens with one attached hydrogen (secondary N) is 2. The highest BCUT2D eigenvalue weighted by atomic mass is 35.5. The lowest BCUT2D eigenvalue weighted by atomic mass is 10.2. The number of rotatable bonds is 9. The SMILES string of the molecule is CCNC(=O)[C@H](C)NC(=O)COC(=O)c1ccccc1OCc1ccc(Cl)cc1. The summed E-state index contributed by atoms with van der Waals surface area (Å²) >= 11 is 5.86. The molecule has 0 spiro atoms. The zero-order chi connectivity index (χ0) is 21.2. The molecule has 8 heteroatoms. The predicted molar refractivity (Wildman–Crippen MR) is 109 cm³/mol. The van der Waals surface area contributed by atoms with E-state index in [4.69, 9.17) is 21.1 Å². The fourth-order valence-electron chi connectivity index (χ4n) is 2.39. The minimum atomic E-state index is -0.726. The third kappa shape index (κ3) is 7.12. The number of benzene rings is 2. The van der Waals surface area contributed by atoms with E-state index in [9.17, 15) is 14.4 Å². The van der Waals surface area contributed by atoms with Gasteiger partial charge in [0, 0.05) is 11.6 Å². The van der Waals surface area contributed by atoms with Gasteiger partial charge in [0.1, 0.15) is 24.0 Å². The molecule has 2 aromatic rings. The van der Waals surface area contributed by atoms with Gasteiger partial charge in [0.15, 0.2) is 6.61 Å². The zero-order valence-corrected chi connectivity index (χ0v) is 17.0. The monoisotopic (exact) mass is 418 g/mol. The van der Waals surface area contributed by atoms with Crippen molar-refractivity contribution in [2.45, 2.75) is 26.5 Å². The Labute approximate surface area is 174 Å². The van der Waals surface area contributed by atoms with Crippen molar-refractivity contribution in [2.24, 2.45) is 0 Å². The summed E-state index contributed by atoms with van der Waals surface area (Å²) in [4.78, 5) is 35.9. The van der Waals surface area contributed by atoms with E-state index in [0.717, 1.165) is 5.56 Å². The minimum Gasteiger partial charge on any atom is -0.488 e. The van der Waals surface area contributed by atoms with Crippen LogP contribution < -0.4 is 15.4 Å². The standard InChI is InChI=1S/C21H23ClN2O5/c1-3-23-20(26)14(2)24-19(25)13-29-21(27)17-6-4-5-7-18(17)28-12-15-8-10-16(22)11-9-15/h4-11,14H,3,12-13H2,1-2H3,(H,23,26)(H,24,25)/t14-/m0/s1. The number of hydrogen-bond acceptors (Lipinski definition) is 5. The average Bonchev–Trinajstić information content (AvgIpc) is 2.72. The van der Waals surface area contributed by atoms with Crippen molar-refractivity contribution >= 4 is 29.4 Å². The van der Waals surface area contributed by atoms with E-state index in [-0.39, 0.29) is 18.1 Å². The molecule has 0 aliphatic rings. The van der Waals surface area contributed by atoms with Crippen molar-refractivity contribution in [3.63, 3.8) is 0 Å². The molecular weight excluding hydrogens is 396 g/mol. The van der Waals surface area contributed by atoms with Crippen molar-refractivity contribution in [2.75, 3.05) is 13.2 Å². The minimum absolute atomic E-state index is 0.200. The molecule has 29 heavy (non-hydrogen) atoms. The highest BCUT2D eigenvalue weighted by molar-refractivity contribution is 6.30. The maximum absolute atomic E-state index is 12.4. The van der Waals surface area contributed by atoms with Crippen molar-refractivity contribution < 1.29 is 23.9 Å². The van der Waals surface area contributed by atoms with Gasteiger partial charge in [0.05, 0.1) is 0 Å². The Kier molecular flexibility index (Phi) is 8.48. The molecule has 0 saturated heterocycles. The molecule has 2 rings (SSSR count). The molecule has 0 aliphatic heterocycles. The van der Waals surface area contributed by atoms with E-state index in [2.05, 4.69) is 10.6 Å². The summed E-state index contributed by atoms with van der Waals surface area (Å²) in [6, 6.07) is 13.0. The zero-order valence-electron chi connectivity index (χ0n) is 16.2. The fourth-order valence-corrected chi connectivity index (χ4v) is 2.51. The molecule has 7 nitrogen and oxygen atoms in total. The maximum Gasteiger partial charge on any atom is 0.342 e. The van der Waals surface area contributed by atoms with Gasteiger partial charge in [-0.15, -0.1) is 0 Å². The third-order valence-corrected chi connectivity index (χ3v) is 4.12. The Bertz CT molecular complexity index is 854. The van der Waals surface area contributed by atoms with Crippen LogP contribution in [0.25, 0.3) is 0 Å². The highest BCUT2D eigenvalue weighted by Crippen LogP contribution is 2.21. The Balaban J connectivity index is 1.91. The normalized spacial score (nSPS) is 11.3. The van der Waals surface area contributed by atoms with E-state index in [1.807, 2.05) is 12.1 Å². The molecule has 0 saturated carbocycles. The molecular formula is C21H23ClN2O5. The number of carbonyl (C=O) groups excluding carboxylic acids is 3. The summed E-state index contributed by atoms with van der Waals surface area (Å²) in [5.74, 6) is -1.24. The number of para-hydroxylation sites is 1. The van der Waals surface area contributed by atoms with Crippen LogP contribution in [0.15, 0.2) is 48.5 Å². The number of ether oxygens (including phenoxy) is 2. The molecule has 2 N–H and O–H groups in total. The lowest BCUT2D eigenvalue weighted by Gasteiger charge is -2.14. The topological polar surface area (TPSA) is 93.7 Å². The van der Waals surface area contributed by atoms with Gasteiger partial charge in [-0.3, -0.25) is 9.59 Å². The van der Waals surface area contributed by atoms with Crippen LogP contribution in [0.3, 0.4) is 0 Å². The number of hydrogen-bond donors (Lipinski definition) is 2. The molecule has 2 amide bonds. The largest absolute Gasteiger partial charge is 0.488 e. The molecule has 0 radical (unpaired) electrons. The van der Waals surface area contributed by atoms with Gasteiger partial charge in [-0.2, -0.15) is 0 Å². The van der Waals surface area contributed by atoms with Gasteiger partial charge in [-0.1, -0.05) is 35.9 Å². The smallest absolute Gasteiger partial charge is 0.342 e. The summed E-state index contributed by atoms with van der Waals surface area (Å²) in [6.45, 7) is 3.52. The van der Waals surface area contributed by atoms with Crippen LogP contribution in [0, 0.1) is 0 Å². The van der Waals surface area contributed by atoms with Gasteiger partial charge in [-0.25, -0.2) is 4.79 Å². The van der Waals surface area contributed by atoms with Crippen LogP contribution in [0.1, 0.15) is 29.8 Å². The summed E-state index contributed by atoms with van der Waals surface area (Å²) in [5.41, 5.74) is 1.09. The second-order valence-electron chi connectivity index (χ2n) is 6.17. The molecule has 1 atom stereocenters. The van der Waals surface area contributed by atoms with E-state index < -0.39 is 24.5 Å². The molecule has 0 aliphatic carbocycles. The number of amides is 2. The summed E-state index contributed by atoms with van der Waals surface area (Å²) < 4.78 is 10.8. The Morgan fingerprint density at radius 2 is 1.76 bits per heavy atom. The number of likely N-dealkylation sites (N-methyl/N-ethyl adjacent to an activating group) is 1. The molecule has 2 aromatic carbocycles. The first-order chi connectivity index (χ1) is 13.9. The third-order valence-electron chi connectivity index (χ3n) is 3.87. The first-order valence-electron chi connectivity index (χ1n) is 9.11. The number of halogens is 1. The van der Waals surface area contributed by atoms with Crippen LogP contribution in [-0.2, 0) is 20.9 Å². The molecule has 0 bridgehead atoms. The van der Waals surface area contributed by atoms with Crippen molar-refractivity contribution in [3.05, 3.63) is 64.7 Å². The van der Waals surface area contributed by atoms with Crippen molar-refractivity contribution in [1.82, 2.24) is 10.6 Å². The Hall–Kier alpha value is -3.06. The highest BCUT2D eigenvalue weighted by Gasteiger charge is 2.18. The van der Waals surface area contributed by atoms with Crippen molar-refractivity contribution in [1.29, 1.82) is 0 Å². The summed E-state index contributed by atoms with van der Waals surface area (Å²) in [6.07, 6.45) is 0. The van der Waals surface area contributed by atoms with E-state index in [0.29, 0.717) is 17.3 Å². The maximum atomic E-state index is 12.4. The number of esters is 1. The first kappa shape index (κ1) is 22.2. The summed E-state index contributed by atoms with van der Waals surface area (Å²) in [7, 11) is 0. The first-order valence-corrected chi connectivity index (χ1v) is 9.49. The van der Waals surface area contributed by atoms with Gasteiger partial charge in [-0.05, 0) is 43.7 Å². The van der Waals surface area contributed by atoms with E-state index in [1.165, 1.54) is 0 Å². The average molecular weight is 419 g/mol. The fraction of sp³-hybridized carbons (Fsp3) is 0.286. The predicted octanol–water partition coefficient (Wildman–Crippen LogP) is 2.72. The lowest BCUT2D eigenvalue weighted by molar-refractivity contribution is -0.130. The van der Waals surface area contributed by atoms with Crippen molar-refractivity contribution in [3.8, 4) is 5.75 Å². The molecule has 0 aromatic heterocycles. The second kappa shape index (κ2) is 11.1. The molecule has 0 unspecified atom stereocenters. The van der Waals surface area contributed by atoms with Gasteiger partial charge < -0.3 is 20.1 Å². The molecule has 0 heterocycles. The van der Waals surface area contributed by atoms with Crippen LogP contribution >= 0.6 is 11.6 Å². The summed E-state index contributed by atoms with van der Waals surface area (Å²) in [5, 5.41) is 5.68. The van der Waals surface area contributed by atoms with E-state index >= 15 is 0 Å². The Morgan fingerprint density at radius 1 is 1.07 bits per heavy atom. The van der Waals surface area contributed by atoms with Gasteiger partial charge in [0.2, 0.25) is 5.91 Å². The van der Waals surface area contributed by atoms with Crippen LogP contribution in [0.5, 0.6) is 5.75 Å². The van der Waals surface area contributed by atoms with E-state index in [1.54, 1.807) is 50.2 Å².